The topological polar surface area (TPSA) is 66.0 Å². The van der Waals surface area contributed by atoms with E-state index in [0.717, 1.165) is 16.7 Å². The summed E-state index contributed by atoms with van der Waals surface area (Å²) in [6, 6.07) is 10.4. The van der Waals surface area contributed by atoms with E-state index in [1.807, 2.05) is 5.40 Å². The molecule has 0 atom stereocenters. The summed E-state index contributed by atoms with van der Waals surface area (Å²) in [5, 5.41) is 13.2. The summed E-state index contributed by atoms with van der Waals surface area (Å²) < 4.78 is 5.22. The van der Waals surface area contributed by atoms with Crippen LogP contribution >= 0.6 is 11.8 Å². The van der Waals surface area contributed by atoms with E-state index >= 15 is 0 Å². The van der Waals surface area contributed by atoms with Crippen LogP contribution < -0.4 is 5.32 Å². The lowest BCUT2D eigenvalue weighted by Gasteiger charge is -2.03. The van der Waals surface area contributed by atoms with Gasteiger partial charge in [0.2, 0.25) is 0 Å². The molecule has 2 aromatic rings. The molecule has 0 bridgehead atoms. The zero-order valence-electron chi connectivity index (χ0n) is 9.64. The molecule has 0 fully saturated rings. The molecule has 1 aromatic heterocycles. The van der Waals surface area contributed by atoms with Crippen molar-refractivity contribution in [3.63, 3.8) is 0 Å². The van der Waals surface area contributed by atoms with E-state index in [2.05, 4.69) is 5.32 Å². The lowest BCUT2D eigenvalue weighted by atomic mass is 10.3. The van der Waals surface area contributed by atoms with Gasteiger partial charge in [0.25, 0.3) is 5.91 Å². The molecule has 1 heterocycles. The van der Waals surface area contributed by atoms with E-state index in [9.17, 15) is 4.79 Å². The van der Waals surface area contributed by atoms with Crippen LogP contribution in [0.4, 0.5) is 5.69 Å². The van der Waals surface area contributed by atoms with E-state index in [1.54, 1.807) is 43.3 Å². The zero-order valence-corrected chi connectivity index (χ0v) is 10.5. The van der Waals surface area contributed by atoms with Gasteiger partial charge in [-0.25, -0.2) is 0 Å². The van der Waals surface area contributed by atoms with E-state index in [4.69, 9.17) is 9.68 Å². The number of rotatable bonds is 3. The highest BCUT2D eigenvalue weighted by atomic mass is 32.2. The van der Waals surface area contributed by atoms with Crippen molar-refractivity contribution in [2.75, 3.05) is 5.32 Å². The fraction of sp³-hybridized carbons (Fsp3) is 0.0769. The van der Waals surface area contributed by atoms with Crippen molar-refractivity contribution in [3.8, 4) is 5.40 Å². The van der Waals surface area contributed by atoms with Crippen LogP contribution in [0.1, 0.15) is 16.3 Å². The molecule has 1 aromatic carbocycles. The molecular weight excluding hydrogens is 248 g/mol. The Labute approximate surface area is 109 Å². The van der Waals surface area contributed by atoms with Gasteiger partial charge in [0.15, 0.2) is 5.76 Å². The van der Waals surface area contributed by atoms with Gasteiger partial charge in [-0.05, 0) is 55.1 Å². The first-order chi connectivity index (χ1) is 8.69. The van der Waals surface area contributed by atoms with Crippen molar-refractivity contribution in [2.24, 2.45) is 0 Å². The molecule has 18 heavy (non-hydrogen) atoms. The number of carbonyl (C=O) groups excluding carboxylic acids is 1. The minimum absolute atomic E-state index is 0.281. The van der Waals surface area contributed by atoms with E-state index in [1.165, 1.54) is 0 Å². The number of aryl methyl sites for hydroxylation is 1. The highest BCUT2D eigenvalue weighted by molar-refractivity contribution is 8.03. The first-order valence-corrected chi connectivity index (χ1v) is 6.04. The number of hydrogen-bond donors (Lipinski definition) is 1. The normalized spacial score (nSPS) is 9.78. The predicted octanol–water partition coefficient (Wildman–Crippen LogP) is 3.41. The SMILES string of the molecule is Cc1ccc(C(=O)Nc2ccc(SC#N)cc2)o1. The van der Waals surface area contributed by atoms with Crippen LogP contribution in [0.25, 0.3) is 0 Å². The summed E-state index contributed by atoms with van der Waals surface area (Å²) in [7, 11) is 0. The zero-order chi connectivity index (χ0) is 13.0. The Morgan fingerprint density at radius 1 is 1.28 bits per heavy atom. The maximum atomic E-state index is 11.8. The molecule has 0 radical (unpaired) electrons. The van der Waals surface area contributed by atoms with Crippen molar-refractivity contribution in [1.82, 2.24) is 0 Å². The maximum Gasteiger partial charge on any atom is 0.291 e. The first kappa shape index (κ1) is 12.3. The minimum atomic E-state index is -0.288. The Morgan fingerprint density at radius 2 is 2.00 bits per heavy atom. The lowest BCUT2D eigenvalue weighted by molar-refractivity contribution is 0.0995. The van der Waals surface area contributed by atoms with Crippen molar-refractivity contribution >= 4 is 23.4 Å². The van der Waals surface area contributed by atoms with Crippen molar-refractivity contribution in [3.05, 3.63) is 47.9 Å². The molecular formula is C13H10N2O2S. The summed E-state index contributed by atoms with van der Waals surface area (Å²) >= 11 is 1.08. The molecule has 90 valence electrons. The second-order valence-electron chi connectivity index (χ2n) is 3.58. The number of hydrogen-bond acceptors (Lipinski definition) is 4. The van der Waals surface area contributed by atoms with Gasteiger partial charge in [0.1, 0.15) is 11.2 Å². The van der Waals surface area contributed by atoms with Gasteiger partial charge >= 0.3 is 0 Å². The van der Waals surface area contributed by atoms with Gasteiger partial charge < -0.3 is 9.73 Å². The molecule has 0 aliphatic rings. The number of carbonyl (C=O) groups is 1. The number of nitrogens with zero attached hydrogens (tertiary/aromatic N) is 1. The summed E-state index contributed by atoms with van der Waals surface area (Å²) in [5.74, 6) is 0.688. The van der Waals surface area contributed by atoms with Crippen molar-refractivity contribution in [1.29, 1.82) is 5.26 Å². The van der Waals surface area contributed by atoms with Crippen LogP contribution in [0, 0.1) is 17.6 Å². The maximum absolute atomic E-state index is 11.8. The molecule has 5 heteroatoms. The van der Waals surface area contributed by atoms with Crippen LogP contribution in [-0.2, 0) is 0 Å². The lowest BCUT2D eigenvalue weighted by Crippen LogP contribution is -2.10. The number of furan rings is 1. The number of benzene rings is 1. The van der Waals surface area contributed by atoms with Gasteiger partial charge in [-0.15, -0.1) is 0 Å². The van der Waals surface area contributed by atoms with Crippen LogP contribution in [0.3, 0.4) is 0 Å². The first-order valence-electron chi connectivity index (χ1n) is 5.23. The highest BCUT2D eigenvalue weighted by Crippen LogP contribution is 2.19. The fourth-order valence-corrected chi connectivity index (χ4v) is 1.79. The Kier molecular flexibility index (Phi) is 3.70. The van der Waals surface area contributed by atoms with Crippen LogP contribution in [0.2, 0.25) is 0 Å². The molecule has 0 saturated carbocycles. The van der Waals surface area contributed by atoms with Crippen LogP contribution in [0.5, 0.6) is 0 Å². The number of nitriles is 1. The molecule has 4 nitrogen and oxygen atoms in total. The third kappa shape index (κ3) is 2.93. The third-order valence-corrected chi connectivity index (χ3v) is 2.84. The third-order valence-electron chi connectivity index (χ3n) is 2.24. The molecule has 0 unspecified atom stereocenters. The summed E-state index contributed by atoms with van der Waals surface area (Å²) in [4.78, 5) is 12.6. The molecule has 0 aliphatic carbocycles. The van der Waals surface area contributed by atoms with E-state index in [-0.39, 0.29) is 11.7 Å². The minimum Gasteiger partial charge on any atom is -0.456 e. The van der Waals surface area contributed by atoms with Gasteiger partial charge in [0, 0.05) is 10.6 Å². The smallest absolute Gasteiger partial charge is 0.291 e. The average molecular weight is 258 g/mol. The molecule has 2 rings (SSSR count). The number of amides is 1. The van der Waals surface area contributed by atoms with E-state index in [0.29, 0.717) is 11.4 Å². The van der Waals surface area contributed by atoms with Gasteiger partial charge in [0.05, 0.1) is 0 Å². The Balaban J connectivity index is 2.05. The summed E-state index contributed by atoms with van der Waals surface area (Å²) in [6.07, 6.45) is 0. The summed E-state index contributed by atoms with van der Waals surface area (Å²) in [5.41, 5.74) is 0.663. The standard InChI is InChI=1S/C13H10N2O2S/c1-9-2-7-12(17-9)13(16)15-10-3-5-11(6-4-10)18-8-14/h2-7H,1H3,(H,15,16). The molecule has 0 saturated heterocycles. The molecule has 0 aliphatic heterocycles. The number of thioether (sulfide) groups is 1. The van der Waals surface area contributed by atoms with Crippen LogP contribution in [-0.4, -0.2) is 5.91 Å². The van der Waals surface area contributed by atoms with Gasteiger partial charge in [-0.3, -0.25) is 4.79 Å². The van der Waals surface area contributed by atoms with Crippen molar-refractivity contribution in [2.45, 2.75) is 11.8 Å². The Bertz CT molecular complexity index is 596. The number of anilines is 1. The Morgan fingerprint density at radius 3 is 2.56 bits per heavy atom. The second kappa shape index (κ2) is 5.43. The monoisotopic (exact) mass is 258 g/mol. The summed E-state index contributed by atoms with van der Waals surface area (Å²) in [6.45, 7) is 1.78. The highest BCUT2D eigenvalue weighted by Gasteiger charge is 2.09. The van der Waals surface area contributed by atoms with Crippen LogP contribution in [0.15, 0.2) is 45.7 Å². The largest absolute Gasteiger partial charge is 0.456 e. The van der Waals surface area contributed by atoms with E-state index < -0.39 is 0 Å². The number of thiocyanates is 1. The second-order valence-corrected chi connectivity index (χ2v) is 4.44. The van der Waals surface area contributed by atoms with Gasteiger partial charge in [-0.1, -0.05) is 0 Å². The predicted molar refractivity (Wildman–Crippen MR) is 69.3 cm³/mol. The quantitative estimate of drug-likeness (QED) is 0.676. The fourth-order valence-electron chi connectivity index (χ4n) is 1.41. The molecule has 1 N–H and O–H groups in total. The van der Waals surface area contributed by atoms with Gasteiger partial charge in [-0.2, -0.15) is 5.26 Å². The molecule has 1 amide bonds. The van der Waals surface area contributed by atoms with Crippen molar-refractivity contribution < 1.29 is 9.21 Å². The average Bonchev–Trinajstić information content (AvgIpc) is 2.79. The molecule has 0 spiro atoms. The number of nitrogens with one attached hydrogen (secondary N) is 1. The Hall–Kier alpha value is -2.19.